The lowest BCUT2D eigenvalue weighted by atomic mass is 10.0. The summed E-state index contributed by atoms with van der Waals surface area (Å²) < 4.78 is 0. The Balaban J connectivity index is 1.73. The molecule has 1 aromatic rings. The summed E-state index contributed by atoms with van der Waals surface area (Å²) >= 11 is 1.89. The number of thiophene rings is 1. The van der Waals surface area contributed by atoms with Gasteiger partial charge in [0.1, 0.15) is 0 Å². The molecule has 0 spiro atoms. The average molecular weight is 280 g/mol. The van der Waals surface area contributed by atoms with Crippen molar-refractivity contribution < 1.29 is 0 Å². The van der Waals surface area contributed by atoms with Gasteiger partial charge in [0, 0.05) is 30.1 Å². The van der Waals surface area contributed by atoms with Crippen LogP contribution in [0.5, 0.6) is 0 Å². The van der Waals surface area contributed by atoms with E-state index in [0.717, 1.165) is 18.5 Å². The lowest BCUT2D eigenvalue weighted by molar-refractivity contribution is 0.214. The van der Waals surface area contributed by atoms with Crippen molar-refractivity contribution in [1.29, 1.82) is 0 Å². The Morgan fingerprint density at radius 2 is 2.16 bits per heavy atom. The Kier molecular flexibility index (Phi) is 5.86. The topological polar surface area (TPSA) is 29.3 Å². The molecule has 0 amide bonds. The molecule has 1 aliphatic carbocycles. The van der Waals surface area contributed by atoms with Gasteiger partial charge in [0.25, 0.3) is 0 Å². The molecule has 0 aromatic carbocycles. The maximum absolute atomic E-state index is 5.82. The highest BCUT2D eigenvalue weighted by Gasteiger charge is 2.29. The Labute approximate surface area is 122 Å². The Bertz CT molecular complexity index is 344. The van der Waals surface area contributed by atoms with Crippen LogP contribution in [0.1, 0.15) is 50.8 Å². The lowest BCUT2D eigenvalue weighted by Crippen LogP contribution is -2.30. The van der Waals surface area contributed by atoms with Crippen LogP contribution in [0.15, 0.2) is 17.5 Å². The van der Waals surface area contributed by atoms with E-state index in [0.29, 0.717) is 6.04 Å². The third-order valence-corrected chi connectivity index (χ3v) is 4.77. The first-order valence-corrected chi connectivity index (χ1v) is 8.55. The van der Waals surface area contributed by atoms with E-state index in [1.807, 2.05) is 11.3 Å². The predicted octanol–water partition coefficient (Wildman–Crippen LogP) is 3.87. The van der Waals surface area contributed by atoms with Crippen LogP contribution in [0.4, 0.5) is 0 Å². The first-order valence-electron chi connectivity index (χ1n) is 7.67. The predicted molar refractivity (Wildman–Crippen MR) is 84.4 cm³/mol. The number of hydrogen-bond donors (Lipinski definition) is 1. The van der Waals surface area contributed by atoms with Crippen molar-refractivity contribution in [1.82, 2.24) is 4.90 Å². The summed E-state index contributed by atoms with van der Waals surface area (Å²) in [6.45, 7) is 6.91. The Hall–Kier alpha value is -0.380. The standard InChI is InChI=1S/C16H28N2S/c1-13(5-3-6-14(2)17)11-18(15-8-9-15)12-16-7-4-10-19-16/h4,7,10,13-15H,3,5-6,8-9,11-12,17H2,1-2H3. The van der Waals surface area contributed by atoms with Gasteiger partial charge in [-0.15, -0.1) is 11.3 Å². The minimum Gasteiger partial charge on any atom is -0.328 e. The highest BCUT2D eigenvalue weighted by Crippen LogP contribution is 2.30. The highest BCUT2D eigenvalue weighted by molar-refractivity contribution is 7.09. The highest BCUT2D eigenvalue weighted by atomic mass is 32.1. The van der Waals surface area contributed by atoms with Gasteiger partial charge in [-0.2, -0.15) is 0 Å². The second-order valence-corrected chi connectivity index (χ2v) is 7.29. The molecule has 3 heteroatoms. The fourth-order valence-electron chi connectivity index (χ4n) is 2.67. The van der Waals surface area contributed by atoms with Crippen LogP contribution < -0.4 is 5.73 Å². The van der Waals surface area contributed by atoms with E-state index in [2.05, 4.69) is 36.3 Å². The van der Waals surface area contributed by atoms with Crippen LogP contribution in [0.25, 0.3) is 0 Å². The van der Waals surface area contributed by atoms with Crippen molar-refractivity contribution in [2.24, 2.45) is 11.7 Å². The minimum absolute atomic E-state index is 0.359. The molecule has 1 saturated carbocycles. The zero-order valence-electron chi connectivity index (χ0n) is 12.3. The van der Waals surface area contributed by atoms with Crippen LogP contribution in [0.2, 0.25) is 0 Å². The second-order valence-electron chi connectivity index (χ2n) is 6.25. The molecule has 108 valence electrons. The monoisotopic (exact) mass is 280 g/mol. The summed E-state index contributed by atoms with van der Waals surface area (Å²) in [5, 5.41) is 2.19. The lowest BCUT2D eigenvalue weighted by Gasteiger charge is -2.25. The zero-order valence-corrected chi connectivity index (χ0v) is 13.2. The first kappa shape index (κ1) is 15.0. The van der Waals surface area contributed by atoms with E-state index in [-0.39, 0.29) is 0 Å². The van der Waals surface area contributed by atoms with Gasteiger partial charge >= 0.3 is 0 Å². The number of rotatable bonds is 9. The van der Waals surface area contributed by atoms with Crippen molar-refractivity contribution in [3.05, 3.63) is 22.4 Å². The maximum Gasteiger partial charge on any atom is 0.0330 e. The van der Waals surface area contributed by atoms with Crippen molar-refractivity contribution in [3.8, 4) is 0 Å². The summed E-state index contributed by atoms with van der Waals surface area (Å²) in [5.41, 5.74) is 5.82. The molecule has 0 saturated heterocycles. The van der Waals surface area contributed by atoms with Gasteiger partial charge in [0.15, 0.2) is 0 Å². The summed E-state index contributed by atoms with van der Waals surface area (Å²) in [4.78, 5) is 4.21. The molecule has 1 fully saturated rings. The molecule has 2 N–H and O–H groups in total. The number of nitrogens with zero attached hydrogens (tertiary/aromatic N) is 1. The molecule has 0 bridgehead atoms. The summed E-state index contributed by atoms with van der Waals surface area (Å²) in [5.74, 6) is 0.791. The Morgan fingerprint density at radius 1 is 1.37 bits per heavy atom. The maximum atomic E-state index is 5.82. The molecule has 1 aromatic heterocycles. The van der Waals surface area contributed by atoms with E-state index in [1.165, 1.54) is 43.5 Å². The second kappa shape index (κ2) is 7.41. The van der Waals surface area contributed by atoms with Gasteiger partial charge in [-0.3, -0.25) is 4.90 Å². The molecular formula is C16H28N2S. The molecule has 2 rings (SSSR count). The molecule has 2 unspecified atom stereocenters. The third-order valence-electron chi connectivity index (χ3n) is 3.90. The molecule has 2 atom stereocenters. The minimum atomic E-state index is 0.359. The number of nitrogens with two attached hydrogens (primary N) is 1. The molecule has 1 heterocycles. The van der Waals surface area contributed by atoms with Crippen LogP contribution >= 0.6 is 11.3 Å². The molecule has 1 aliphatic rings. The van der Waals surface area contributed by atoms with Gasteiger partial charge in [0.05, 0.1) is 0 Å². The van der Waals surface area contributed by atoms with Gasteiger partial charge < -0.3 is 5.73 Å². The van der Waals surface area contributed by atoms with Crippen LogP contribution in [0.3, 0.4) is 0 Å². The zero-order chi connectivity index (χ0) is 13.7. The van der Waals surface area contributed by atoms with Crippen molar-refractivity contribution in [2.45, 2.75) is 64.6 Å². The van der Waals surface area contributed by atoms with Crippen LogP contribution in [0, 0.1) is 5.92 Å². The van der Waals surface area contributed by atoms with Gasteiger partial charge in [0.2, 0.25) is 0 Å². The van der Waals surface area contributed by atoms with E-state index < -0.39 is 0 Å². The molecular weight excluding hydrogens is 252 g/mol. The van der Waals surface area contributed by atoms with Crippen molar-refractivity contribution in [3.63, 3.8) is 0 Å². The fraction of sp³-hybridized carbons (Fsp3) is 0.750. The molecule has 2 nitrogen and oxygen atoms in total. The summed E-state index contributed by atoms with van der Waals surface area (Å²) in [6.07, 6.45) is 6.56. The normalized spacial score (nSPS) is 18.7. The van der Waals surface area contributed by atoms with E-state index >= 15 is 0 Å². The Morgan fingerprint density at radius 3 is 2.74 bits per heavy atom. The van der Waals surface area contributed by atoms with Gasteiger partial charge in [-0.25, -0.2) is 0 Å². The third kappa shape index (κ3) is 5.64. The molecule has 19 heavy (non-hydrogen) atoms. The number of hydrogen-bond acceptors (Lipinski definition) is 3. The molecule has 0 aliphatic heterocycles. The van der Waals surface area contributed by atoms with E-state index in [1.54, 1.807) is 0 Å². The summed E-state index contributed by atoms with van der Waals surface area (Å²) in [7, 11) is 0. The molecule has 0 radical (unpaired) electrons. The average Bonchev–Trinajstić information content (AvgIpc) is 3.07. The van der Waals surface area contributed by atoms with Crippen LogP contribution in [-0.4, -0.2) is 23.5 Å². The van der Waals surface area contributed by atoms with Gasteiger partial charge in [-0.1, -0.05) is 19.4 Å². The van der Waals surface area contributed by atoms with Crippen molar-refractivity contribution in [2.75, 3.05) is 6.54 Å². The van der Waals surface area contributed by atoms with E-state index in [9.17, 15) is 0 Å². The smallest absolute Gasteiger partial charge is 0.0330 e. The quantitative estimate of drug-likeness (QED) is 0.744. The van der Waals surface area contributed by atoms with Crippen molar-refractivity contribution >= 4 is 11.3 Å². The summed E-state index contributed by atoms with van der Waals surface area (Å²) in [6, 6.07) is 5.65. The fourth-order valence-corrected chi connectivity index (χ4v) is 3.39. The largest absolute Gasteiger partial charge is 0.328 e. The van der Waals surface area contributed by atoms with Gasteiger partial charge in [-0.05, 0) is 50.0 Å². The van der Waals surface area contributed by atoms with Crippen LogP contribution in [-0.2, 0) is 6.54 Å². The first-order chi connectivity index (χ1) is 9.15. The van der Waals surface area contributed by atoms with E-state index in [4.69, 9.17) is 5.73 Å². The SMILES string of the molecule is CC(N)CCCC(C)CN(Cc1cccs1)C1CC1.